The van der Waals surface area contributed by atoms with Crippen molar-refractivity contribution in [3.63, 3.8) is 0 Å². The number of rotatable bonds is 4. The lowest BCUT2D eigenvalue weighted by Crippen LogP contribution is -2.40. The van der Waals surface area contributed by atoms with E-state index in [0.29, 0.717) is 17.5 Å². The highest BCUT2D eigenvalue weighted by molar-refractivity contribution is 6.74. The molecule has 0 amide bonds. The van der Waals surface area contributed by atoms with Crippen molar-refractivity contribution in [2.75, 3.05) is 12.5 Å². The van der Waals surface area contributed by atoms with E-state index in [1.165, 1.54) is 0 Å². The number of halogens is 1. The summed E-state index contributed by atoms with van der Waals surface area (Å²) in [6.07, 6.45) is 3.92. The molecule has 0 heterocycles. The third-order valence-corrected chi connectivity index (χ3v) is 7.28. The van der Waals surface area contributed by atoms with Crippen LogP contribution in [0.15, 0.2) is 12.2 Å². The van der Waals surface area contributed by atoms with Gasteiger partial charge >= 0.3 is 0 Å². The van der Waals surface area contributed by atoms with Crippen LogP contribution >= 0.6 is 11.6 Å². The molecule has 0 aliphatic rings. The Morgan fingerprint density at radius 2 is 1.77 bits per heavy atom. The molecule has 1 nitrogen and oxygen atoms in total. The van der Waals surface area contributed by atoms with E-state index in [2.05, 4.69) is 33.9 Å². The molecule has 0 saturated carbocycles. The molecule has 0 spiro atoms. The number of alkyl halides is 1. The first kappa shape index (κ1) is 13.2. The average molecular weight is 221 g/mol. The van der Waals surface area contributed by atoms with Crippen molar-refractivity contribution in [3.05, 3.63) is 12.2 Å². The predicted octanol–water partition coefficient (Wildman–Crippen LogP) is 3.80. The van der Waals surface area contributed by atoms with Crippen LogP contribution < -0.4 is 0 Å². The molecule has 0 saturated heterocycles. The first-order valence-corrected chi connectivity index (χ1v) is 8.10. The Kier molecular flexibility index (Phi) is 5.26. The van der Waals surface area contributed by atoms with Gasteiger partial charge in [-0.05, 0) is 18.1 Å². The summed E-state index contributed by atoms with van der Waals surface area (Å²) in [5, 5.41) is 0.293. The average Bonchev–Trinajstić information content (AvgIpc) is 1.96. The van der Waals surface area contributed by atoms with Crippen molar-refractivity contribution in [2.24, 2.45) is 0 Å². The fraction of sp³-hybridized carbons (Fsp3) is 0.800. The summed E-state index contributed by atoms with van der Waals surface area (Å²) in [6.45, 7) is 11.9. The van der Waals surface area contributed by atoms with Crippen molar-refractivity contribution in [2.45, 2.75) is 38.9 Å². The third-order valence-electron chi connectivity index (χ3n) is 2.60. The lowest BCUT2D eigenvalue weighted by atomic mass is 10.2. The zero-order chi connectivity index (χ0) is 10.5. The van der Waals surface area contributed by atoms with E-state index in [1.807, 2.05) is 12.2 Å². The Balaban J connectivity index is 3.97. The van der Waals surface area contributed by atoms with Crippen LogP contribution in [0.1, 0.15) is 20.8 Å². The second kappa shape index (κ2) is 5.18. The van der Waals surface area contributed by atoms with E-state index < -0.39 is 8.32 Å². The summed E-state index contributed by atoms with van der Waals surface area (Å²) in [4.78, 5) is 0. The van der Waals surface area contributed by atoms with Crippen LogP contribution in [0.25, 0.3) is 0 Å². The highest BCUT2D eigenvalue weighted by Crippen LogP contribution is 2.36. The van der Waals surface area contributed by atoms with E-state index in [0.717, 1.165) is 0 Å². The molecule has 13 heavy (non-hydrogen) atoms. The molecule has 0 unspecified atom stereocenters. The summed E-state index contributed by atoms with van der Waals surface area (Å²) in [6, 6.07) is 0. The van der Waals surface area contributed by atoms with Gasteiger partial charge in [-0.1, -0.05) is 32.9 Å². The Morgan fingerprint density at radius 3 is 2.15 bits per heavy atom. The molecule has 0 aromatic heterocycles. The molecule has 0 atom stereocenters. The van der Waals surface area contributed by atoms with Crippen LogP contribution in [0.5, 0.6) is 0 Å². The summed E-state index contributed by atoms with van der Waals surface area (Å²) >= 11 is 5.51. The number of allylic oxidation sites excluding steroid dienone is 1. The molecule has 3 heteroatoms. The van der Waals surface area contributed by atoms with Gasteiger partial charge in [-0.25, -0.2) is 0 Å². The molecule has 78 valence electrons. The summed E-state index contributed by atoms with van der Waals surface area (Å²) in [7, 11) is -1.55. The van der Waals surface area contributed by atoms with Gasteiger partial charge < -0.3 is 4.43 Å². The number of hydrogen-bond acceptors (Lipinski definition) is 1. The topological polar surface area (TPSA) is 9.23 Å². The molecule has 0 aliphatic heterocycles. The van der Waals surface area contributed by atoms with Crippen molar-refractivity contribution in [3.8, 4) is 0 Å². The van der Waals surface area contributed by atoms with Crippen molar-refractivity contribution < 1.29 is 4.43 Å². The van der Waals surface area contributed by atoms with Crippen LogP contribution in [-0.4, -0.2) is 20.8 Å². The van der Waals surface area contributed by atoms with Gasteiger partial charge in [0.1, 0.15) is 0 Å². The van der Waals surface area contributed by atoms with E-state index in [1.54, 1.807) is 0 Å². The molecule has 0 aromatic rings. The third kappa shape index (κ3) is 4.84. The molecular weight excluding hydrogens is 200 g/mol. The fourth-order valence-electron chi connectivity index (χ4n) is 0.604. The van der Waals surface area contributed by atoms with Gasteiger partial charge in [0.2, 0.25) is 0 Å². The van der Waals surface area contributed by atoms with Crippen molar-refractivity contribution in [1.29, 1.82) is 0 Å². The van der Waals surface area contributed by atoms with Gasteiger partial charge in [-0.2, -0.15) is 0 Å². The van der Waals surface area contributed by atoms with E-state index in [-0.39, 0.29) is 0 Å². The zero-order valence-corrected chi connectivity index (χ0v) is 11.1. The predicted molar refractivity (Wildman–Crippen MR) is 63.0 cm³/mol. The minimum absolute atomic E-state index is 0.293. The van der Waals surface area contributed by atoms with Gasteiger partial charge in [-0.15, -0.1) is 11.6 Å². The highest BCUT2D eigenvalue weighted by Gasteiger charge is 2.36. The van der Waals surface area contributed by atoms with Crippen LogP contribution in [-0.2, 0) is 4.43 Å². The van der Waals surface area contributed by atoms with Gasteiger partial charge in [-0.3, -0.25) is 0 Å². The fourth-order valence-corrected chi connectivity index (χ4v) is 1.68. The summed E-state index contributed by atoms with van der Waals surface area (Å²) in [5.74, 6) is 0.570. The van der Waals surface area contributed by atoms with Crippen LogP contribution in [0.3, 0.4) is 0 Å². The Bertz CT molecular complexity index is 170. The first-order chi connectivity index (χ1) is 5.81. The Hall–Kier alpha value is 0.207. The maximum absolute atomic E-state index is 5.89. The van der Waals surface area contributed by atoms with Crippen LogP contribution in [0.4, 0.5) is 0 Å². The highest BCUT2D eigenvalue weighted by atomic mass is 35.5. The molecule has 0 aliphatic carbocycles. The maximum Gasteiger partial charge on any atom is 0.192 e. The molecule has 0 aromatic carbocycles. The lowest BCUT2D eigenvalue weighted by molar-refractivity contribution is 0.328. The van der Waals surface area contributed by atoms with Crippen molar-refractivity contribution in [1.82, 2.24) is 0 Å². The molecule has 0 fully saturated rings. The molecular formula is C10H21ClOSi. The standard InChI is InChI=1S/C10H21ClOSi/c1-10(2,3)13(4,5)12-9-7-6-8-11/h6-7H,8-9H2,1-5H3/b7-6-. The SMILES string of the molecule is CC(C)(C)[Si](C)(C)OC/C=C\CCl. The second-order valence-corrected chi connectivity index (χ2v) is 9.81. The Morgan fingerprint density at radius 1 is 1.23 bits per heavy atom. The van der Waals surface area contributed by atoms with Gasteiger partial charge in [0.15, 0.2) is 8.32 Å². The molecule has 0 rings (SSSR count). The van der Waals surface area contributed by atoms with Crippen LogP contribution in [0, 0.1) is 0 Å². The monoisotopic (exact) mass is 220 g/mol. The first-order valence-electron chi connectivity index (χ1n) is 4.66. The van der Waals surface area contributed by atoms with E-state index >= 15 is 0 Å². The molecule has 0 bridgehead atoms. The minimum atomic E-state index is -1.55. The summed E-state index contributed by atoms with van der Waals surface area (Å²) in [5.41, 5.74) is 0. The number of hydrogen-bond donors (Lipinski definition) is 0. The largest absolute Gasteiger partial charge is 0.413 e. The normalized spacial score (nSPS) is 14.0. The smallest absolute Gasteiger partial charge is 0.192 e. The van der Waals surface area contributed by atoms with Gasteiger partial charge in [0, 0.05) is 5.88 Å². The second-order valence-electron chi connectivity index (χ2n) is 4.70. The van der Waals surface area contributed by atoms with Gasteiger partial charge in [0.25, 0.3) is 0 Å². The lowest BCUT2D eigenvalue weighted by Gasteiger charge is -2.35. The zero-order valence-electron chi connectivity index (χ0n) is 9.36. The van der Waals surface area contributed by atoms with Crippen LogP contribution in [0.2, 0.25) is 18.1 Å². The molecule has 0 radical (unpaired) electrons. The maximum atomic E-state index is 5.89. The van der Waals surface area contributed by atoms with Gasteiger partial charge in [0.05, 0.1) is 6.61 Å². The summed E-state index contributed by atoms with van der Waals surface area (Å²) < 4.78 is 5.89. The quantitative estimate of drug-likeness (QED) is 0.398. The Labute approximate surface area is 88.3 Å². The minimum Gasteiger partial charge on any atom is -0.413 e. The van der Waals surface area contributed by atoms with E-state index in [4.69, 9.17) is 16.0 Å². The molecule has 0 N–H and O–H groups in total. The van der Waals surface area contributed by atoms with Crippen molar-refractivity contribution >= 4 is 19.9 Å². The van der Waals surface area contributed by atoms with E-state index in [9.17, 15) is 0 Å².